The van der Waals surface area contributed by atoms with Gasteiger partial charge >= 0.3 is 0 Å². The predicted molar refractivity (Wildman–Crippen MR) is 132 cm³/mol. The molecule has 5 rings (SSSR count). The Bertz CT molecular complexity index is 990. The highest BCUT2D eigenvalue weighted by atomic mass is 32.2. The normalized spacial score (nSPS) is 26.5. The Balaban J connectivity index is 1.29. The molecule has 2 bridgehead atoms. The first-order valence-electron chi connectivity index (χ1n) is 12.9. The molecular formula is C26H36FN5OS. The Hall–Kier alpha value is -1.93. The van der Waals surface area contributed by atoms with E-state index in [1.807, 2.05) is 11.5 Å². The van der Waals surface area contributed by atoms with Crippen molar-refractivity contribution in [3.63, 3.8) is 0 Å². The number of piperidine rings is 1. The highest BCUT2D eigenvalue weighted by Gasteiger charge is 2.42. The van der Waals surface area contributed by atoms with Crippen LogP contribution in [0.1, 0.15) is 64.6 Å². The lowest BCUT2D eigenvalue weighted by molar-refractivity contribution is -0.121. The summed E-state index contributed by atoms with van der Waals surface area (Å²) in [7, 11) is 0. The van der Waals surface area contributed by atoms with Crippen molar-refractivity contribution in [2.24, 2.45) is 17.8 Å². The fourth-order valence-corrected chi connectivity index (χ4v) is 7.11. The highest BCUT2D eigenvalue weighted by Crippen LogP contribution is 2.49. The van der Waals surface area contributed by atoms with Gasteiger partial charge in [-0.15, -0.1) is 10.2 Å². The first-order chi connectivity index (χ1) is 16.5. The molecule has 0 spiro atoms. The number of nitrogens with one attached hydrogen (secondary N) is 1. The van der Waals surface area contributed by atoms with E-state index in [0.29, 0.717) is 17.6 Å². The first-order valence-corrected chi connectivity index (χ1v) is 13.8. The first kappa shape index (κ1) is 23.8. The average molecular weight is 486 g/mol. The minimum atomic E-state index is -0.299. The van der Waals surface area contributed by atoms with E-state index in [4.69, 9.17) is 0 Å². The number of benzene rings is 1. The maximum absolute atomic E-state index is 13.6. The van der Waals surface area contributed by atoms with Crippen molar-refractivity contribution in [2.75, 3.05) is 13.1 Å². The number of fused-ring (bicyclic) bond motifs is 2. The summed E-state index contributed by atoms with van der Waals surface area (Å²) in [6.45, 7) is 6.91. The molecule has 3 aliphatic rings. The SMILES string of the molecule is CC(Sc1nnc(CN2CCCCC2)n1-c1ccc(F)cc1)C(=O)NC(C)C1CC2CCC1C2. The van der Waals surface area contributed by atoms with E-state index < -0.39 is 0 Å². The number of amides is 1. The second-order valence-electron chi connectivity index (χ2n) is 10.4. The maximum atomic E-state index is 13.6. The lowest BCUT2D eigenvalue weighted by Gasteiger charge is -2.29. The molecule has 2 aliphatic carbocycles. The number of aromatic nitrogens is 3. The summed E-state index contributed by atoms with van der Waals surface area (Å²) < 4.78 is 15.6. The molecule has 1 amide bonds. The Morgan fingerprint density at radius 1 is 1.12 bits per heavy atom. The molecule has 6 nitrogen and oxygen atoms in total. The fourth-order valence-electron chi connectivity index (χ4n) is 6.21. The van der Waals surface area contributed by atoms with Gasteiger partial charge in [0.1, 0.15) is 5.82 Å². The number of likely N-dealkylation sites (tertiary alicyclic amines) is 1. The van der Waals surface area contributed by atoms with Gasteiger partial charge in [-0.2, -0.15) is 0 Å². The summed E-state index contributed by atoms with van der Waals surface area (Å²) in [5, 5.41) is 12.6. The number of carbonyl (C=O) groups is 1. The summed E-state index contributed by atoms with van der Waals surface area (Å²) in [5.74, 6) is 2.87. The van der Waals surface area contributed by atoms with Gasteiger partial charge in [0.25, 0.3) is 0 Å². The third kappa shape index (κ3) is 5.18. The summed E-state index contributed by atoms with van der Waals surface area (Å²) in [5.41, 5.74) is 0.823. The second-order valence-corrected chi connectivity index (χ2v) is 11.8. The van der Waals surface area contributed by atoms with Crippen LogP contribution in [0.4, 0.5) is 4.39 Å². The van der Waals surface area contributed by atoms with Crippen molar-refractivity contribution in [2.45, 2.75) is 81.8 Å². The molecule has 1 saturated heterocycles. The van der Waals surface area contributed by atoms with Crippen molar-refractivity contribution in [1.29, 1.82) is 0 Å². The maximum Gasteiger partial charge on any atom is 0.233 e. The number of hydrogen-bond acceptors (Lipinski definition) is 5. The van der Waals surface area contributed by atoms with E-state index in [1.54, 1.807) is 12.1 Å². The average Bonchev–Trinajstić information content (AvgIpc) is 3.57. The van der Waals surface area contributed by atoms with Crippen LogP contribution in [0.25, 0.3) is 5.69 Å². The Kier molecular flexibility index (Phi) is 7.25. The minimum Gasteiger partial charge on any atom is -0.352 e. The summed E-state index contributed by atoms with van der Waals surface area (Å²) in [6.07, 6.45) is 8.96. The lowest BCUT2D eigenvalue weighted by Crippen LogP contribution is -2.43. The van der Waals surface area contributed by atoms with E-state index in [1.165, 1.54) is 68.8 Å². The Labute approximate surface area is 206 Å². The van der Waals surface area contributed by atoms with Gasteiger partial charge in [0.15, 0.2) is 11.0 Å². The number of hydrogen-bond donors (Lipinski definition) is 1. The number of carbonyl (C=O) groups excluding carboxylic acids is 1. The molecule has 8 heteroatoms. The summed E-state index contributed by atoms with van der Waals surface area (Å²) >= 11 is 1.43. The molecule has 0 radical (unpaired) electrons. The molecule has 5 atom stereocenters. The third-order valence-corrected chi connectivity index (χ3v) is 9.10. The van der Waals surface area contributed by atoms with Gasteiger partial charge in [0.05, 0.1) is 11.8 Å². The molecule has 1 aromatic heterocycles. The van der Waals surface area contributed by atoms with Gasteiger partial charge in [0.2, 0.25) is 5.91 Å². The molecule has 5 unspecified atom stereocenters. The van der Waals surface area contributed by atoms with E-state index in [2.05, 4.69) is 27.3 Å². The van der Waals surface area contributed by atoms with Crippen LogP contribution in [-0.2, 0) is 11.3 Å². The summed E-state index contributed by atoms with van der Waals surface area (Å²) in [4.78, 5) is 15.5. The van der Waals surface area contributed by atoms with Crippen molar-refractivity contribution < 1.29 is 9.18 Å². The smallest absolute Gasteiger partial charge is 0.233 e. The molecular weight excluding hydrogens is 449 g/mol. The zero-order valence-corrected chi connectivity index (χ0v) is 21.1. The second kappa shape index (κ2) is 10.4. The number of halogens is 1. The lowest BCUT2D eigenvalue weighted by atomic mass is 9.84. The Morgan fingerprint density at radius 2 is 1.88 bits per heavy atom. The van der Waals surface area contributed by atoms with Crippen molar-refractivity contribution >= 4 is 17.7 Å². The van der Waals surface area contributed by atoms with Crippen LogP contribution in [0, 0.1) is 23.6 Å². The van der Waals surface area contributed by atoms with Crippen molar-refractivity contribution in [3.8, 4) is 5.69 Å². The van der Waals surface area contributed by atoms with Crippen LogP contribution in [0.3, 0.4) is 0 Å². The number of rotatable bonds is 8. The van der Waals surface area contributed by atoms with E-state index in [0.717, 1.165) is 36.4 Å². The van der Waals surface area contributed by atoms with E-state index in [9.17, 15) is 9.18 Å². The molecule has 1 aliphatic heterocycles. The summed E-state index contributed by atoms with van der Waals surface area (Å²) in [6, 6.07) is 6.63. The number of thioether (sulfide) groups is 1. The molecule has 184 valence electrons. The van der Waals surface area contributed by atoms with Gasteiger partial charge < -0.3 is 5.32 Å². The fraction of sp³-hybridized carbons (Fsp3) is 0.654. The van der Waals surface area contributed by atoms with Crippen LogP contribution in [-0.4, -0.2) is 50.0 Å². The van der Waals surface area contributed by atoms with Crippen LogP contribution < -0.4 is 5.32 Å². The predicted octanol–water partition coefficient (Wildman–Crippen LogP) is 4.81. The quantitative estimate of drug-likeness (QED) is 0.544. The monoisotopic (exact) mass is 485 g/mol. The molecule has 34 heavy (non-hydrogen) atoms. The highest BCUT2D eigenvalue weighted by molar-refractivity contribution is 8.00. The molecule has 2 heterocycles. The standard InChI is InChI=1S/C26H36FN5OS/c1-17(23-15-19-6-7-20(23)14-19)28-25(33)18(2)34-26-30-29-24(16-31-12-4-3-5-13-31)32(26)22-10-8-21(27)9-11-22/h8-11,17-20,23H,3-7,12-16H2,1-2H3,(H,28,33). The van der Waals surface area contributed by atoms with E-state index >= 15 is 0 Å². The molecule has 1 aromatic carbocycles. The van der Waals surface area contributed by atoms with Gasteiger partial charge in [-0.3, -0.25) is 14.3 Å². The third-order valence-electron chi connectivity index (χ3n) is 8.06. The van der Waals surface area contributed by atoms with Gasteiger partial charge in [-0.25, -0.2) is 4.39 Å². The molecule has 1 N–H and O–H groups in total. The van der Waals surface area contributed by atoms with Gasteiger partial charge in [-0.1, -0.05) is 24.6 Å². The van der Waals surface area contributed by atoms with Gasteiger partial charge in [0, 0.05) is 11.7 Å². The van der Waals surface area contributed by atoms with Crippen LogP contribution >= 0.6 is 11.8 Å². The molecule has 2 saturated carbocycles. The zero-order chi connectivity index (χ0) is 23.7. The Morgan fingerprint density at radius 3 is 2.56 bits per heavy atom. The minimum absolute atomic E-state index is 0.0477. The molecule has 2 aromatic rings. The van der Waals surface area contributed by atoms with Crippen LogP contribution in [0.5, 0.6) is 0 Å². The number of nitrogens with zero attached hydrogens (tertiary/aromatic N) is 4. The zero-order valence-electron chi connectivity index (χ0n) is 20.3. The van der Waals surface area contributed by atoms with Crippen LogP contribution in [0.15, 0.2) is 29.4 Å². The van der Waals surface area contributed by atoms with Crippen molar-refractivity contribution in [3.05, 3.63) is 35.9 Å². The van der Waals surface area contributed by atoms with Crippen molar-refractivity contribution in [1.82, 2.24) is 25.0 Å². The van der Waals surface area contributed by atoms with Crippen LogP contribution in [0.2, 0.25) is 0 Å². The topological polar surface area (TPSA) is 63.1 Å². The molecule has 3 fully saturated rings. The van der Waals surface area contributed by atoms with E-state index in [-0.39, 0.29) is 23.0 Å². The van der Waals surface area contributed by atoms with Gasteiger partial charge in [-0.05, 0) is 101 Å². The largest absolute Gasteiger partial charge is 0.352 e.